The van der Waals surface area contributed by atoms with E-state index in [0.29, 0.717) is 17.5 Å². The first-order valence-electron chi connectivity index (χ1n) is 8.86. The Balaban J connectivity index is 1.74. The number of hydrogen-bond acceptors (Lipinski definition) is 6. The smallest absolute Gasteiger partial charge is 0.198 e. The van der Waals surface area contributed by atoms with Crippen LogP contribution in [0, 0.1) is 12.7 Å². The summed E-state index contributed by atoms with van der Waals surface area (Å²) >= 11 is 1.42. The molecular weight excluding hydrogens is 377 g/mol. The zero-order valence-corrected chi connectivity index (χ0v) is 16.3. The maximum absolute atomic E-state index is 13.3. The summed E-state index contributed by atoms with van der Waals surface area (Å²) in [6.45, 7) is 4.39. The summed E-state index contributed by atoms with van der Waals surface area (Å²) in [5.74, 6) is 1.84. The monoisotopic (exact) mass is 395 g/mol. The molecule has 4 rings (SSSR count). The molecule has 6 nitrogen and oxygen atoms in total. The van der Waals surface area contributed by atoms with E-state index in [2.05, 4.69) is 27.1 Å². The molecule has 0 spiro atoms. The lowest BCUT2D eigenvalue weighted by Gasteiger charge is -2.09. The largest absolute Gasteiger partial charge is 0.467 e. The summed E-state index contributed by atoms with van der Waals surface area (Å²) in [7, 11) is 0. The molecule has 142 valence electrons. The van der Waals surface area contributed by atoms with Crippen LogP contribution in [0.4, 0.5) is 4.39 Å². The molecule has 0 aliphatic heterocycles. The van der Waals surface area contributed by atoms with Crippen molar-refractivity contribution in [2.75, 3.05) is 0 Å². The fourth-order valence-electron chi connectivity index (χ4n) is 2.80. The molecule has 0 saturated carbocycles. The highest BCUT2D eigenvalue weighted by atomic mass is 32.2. The number of aromatic nitrogens is 5. The third-order valence-electron chi connectivity index (χ3n) is 4.14. The van der Waals surface area contributed by atoms with Crippen LogP contribution in [0.3, 0.4) is 0 Å². The van der Waals surface area contributed by atoms with Crippen LogP contribution in [-0.2, 0) is 13.0 Å². The van der Waals surface area contributed by atoms with E-state index in [9.17, 15) is 4.39 Å². The van der Waals surface area contributed by atoms with E-state index in [1.165, 1.54) is 23.9 Å². The molecule has 0 unspecified atom stereocenters. The Kier molecular flexibility index (Phi) is 5.21. The molecule has 0 aliphatic rings. The van der Waals surface area contributed by atoms with Crippen molar-refractivity contribution in [3.05, 3.63) is 71.8 Å². The predicted molar refractivity (Wildman–Crippen MR) is 103 cm³/mol. The Morgan fingerprint density at radius 2 is 1.93 bits per heavy atom. The van der Waals surface area contributed by atoms with Crippen LogP contribution in [-0.4, -0.2) is 24.7 Å². The van der Waals surface area contributed by atoms with Crippen molar-refractivity contribution in [2.45, 2.75) is 37.0 Å². The Labute approximate surface area is 165 Å². The predicted octanol–water partition coefficient (Wildman–Crippen LogP) is 4.54. The molecule has 28 heavy (non-hydrogen) atoms. The SMILES string of the molecule is CCc1cc(Sc2nnc(-c3ccc(F)cc3)n2Cc2ccco2)nc(C)n1. The molecule has 0 fully saturated rings. The lowest BCUT2D eigenvalue weighted by molar-refractivity contribution is 0.485. The van der Waals surface area contributed by atoms with E-state index in [1.807, 2.05) is 29.7 Å². The van der Waals surface area contributed by atoms with Gasteiger partial charge in [-0.05, 0) is 67.6 Å². The third kappa shape index (κ3) is 3.96. The minimum absolute atomic E-state index is 0.293. The number of rotatable bonds is 6. The van der Waals surface area contributed by atoms with Crippen molar-refractivity contribution in [1.82, 2.24) is 24.7 Å². The van der Waals surface area contributed by atoms with E-state index in [-0.39, 0.29) is 5.82 Å². The summed E-state index contributed by atoms with van der Waals surface area (Å²) < 4.78 is 20.8. The number of furan rings is 1. The fourth-order valence-corrected chi connectivity index (χ4v) is 3.71. The molecule has 3 heterocycles. The molecule has 8 heteroatoms. The molecule has 0 bridgehead atoms. The van der Waals surface area contributed by atoms with Crippen molar-refractivity contribution in [3.8, 4) is 11.4 Å². The minimum atomic E-state index is -0.293. The number of benzene rings is 1. The highest BCUT2D eigenvalue weighted by Crippen LogP contribution is 2.30. The second-order valence-corrected chi connectivity index (χ2v) is 7.17. The first kappa shape index (κ1) is 18.4. The summed E-state index contributed by atoms with van der Waals surface area (Å²) in [5.41, 5.74) is 1.76. The van der Waals surface area contributed by atoms with E-state index in [4.69, 9.17) is 4.42 Å². The van der Waals surface area contributed by atoms with Crippen molar-refractivity contribution in [2.24, 2.45) is 0 Å². The quantitative estimate of drug-likeness (QED) is 0.447. The molecule has 0 N–H and O–H groups in total. The van der Waals surface area contributed by atoms with Gasteiger partial charge < -0.3 is 4.42 Å². The van der Waals surface area contributed by atoms with E-state index in [1.54, 1.807) is 18.4 Å². The van der Waals surface area contributed by atoms with Crippen LogP contribution in [0.5, 0.6) is 0 Å². The van der Waals surface area contributed by atoms with Crippen molar-refractivity contribution >= 4 is 11.8 Å². The number of hydrogen-bond donors (Lipinski definition) is 0. The number of halogens is 1. The second kappa shape index (κ2) is 7.93. The maximum atomic E-state index is 13.3. The van der Waals surface area contributed by atoms with Gasteiger partial charge in [-0.15, -0.1) is 10.2 Å². The zero-order chi connectivity index (χ0) is 19.5. The number of aryl methyl sites for hydroxylation is 2. The fraction of sp³-hybridized carbons (Fsp3) is 0.200. The van der Waals surface area contributed by atoms with Gasteiger partial charge in [0.05, 0.1) is 12.8 Å². The van der Waals surface area contributed by atoms with Crippen LogP contribution in [0.25, 0.3) is 11.4 Å². The standard InChI is InChI=1S/C20H18FN5OS/c1-3-16-11-18(23-13(2)22-16)28-20-25-24-19(14-6-8-15(21)9-7-14)26(20)12-17-5-4-10-27-17/h4-11H,3,12H2,1-2H3. The average molecular weight is 395 g/mol. The molecule has 0 amide bonds. The van der Waals surface area contributed by atoms with Crippen LogP contribution >= 0.6 is 11.8 Å². The first-order valence-corrected chi connectivity index (χ1v) is 9.68. The lowest BCUT2D eigenvalue weighted by atomic mass is 10.2. The number of nitrogens with zero attached hydrogens (tertiary/aromatic N) is 5. The summed E-state index contributed by atoms with van der Waals surface area (Å²) in [5, 5.41) is 10.2. The zero-order valence-electron chi connectivity index (χ0n) is 15.5. The van der Waals surface area contributed by atoms with Crippen LogP contribution < -0.4 is 0 Å². The van der Waals surface area contributed by atoms with E-state index in [0.717, 1.165) is 34.3 Å². The summed E-state index contributed by atoms with van der Waals surface area (Å²) in [6, 6.07) is 11.9. The summed E-state index contributed by atoms with van der Waals surface area (Å²) in [4.78, 5) is 8.93. The Morgan fingerprint density at radius 3 is 2.64 bits per heavy atom. The van der Waals surface area contributed by atoms with Gasteiger partial charge in [0.1, 0.15) is 22.4 Å². The van der Waals surface area contributed by atoms with Crippen LogP contribution in [0.2, 0.25) is 0 Å². The molecule has 0 saturated heterocycles. The molecule has 0 aliphatic carbocycles. The third-order valence-corrected chi connectivity index (χ3v) is 5.04. The molecule has 3 aromatic heterocycles. The molecular formula is C20H18FN5OS. The molecule has 0 radical (unpaired) electrons. The van der Waals surface area contributed by atoms with E-state index >= 15 is 0 Å². The molecule has 0 atom stereocenters. The van der Waals surface area contributed by atoms with Crippen molar-refractivity contribution in [3.63, 3.8) is 0 Å². The van der Waals surface area contributed by atoms with Gasteiger partial charge >= 0.3 is 0 Å². The second-order valence-electron chi connectivity index (χ2n) is 6.18. The Hall–Kier alpha value is -3.00. The highest BCUT2D eigenvalue weighted by Gasteiger charge is 2.17. The molecule has 4 aromatic rings. The van der Waals surface area contributed by atoms with Gasteiger partial charge in [0.25, 0.3) is 0 Å². The Bertz CT molecular complexity index is 1080. The van der Waals surface area contributed by atoms with Gasteiger partial charge in [-0.2, -0.15) is 0 Å². The van der Waals surface area contributed by atoms with Crippen LogP contribution in [0.1, 0.15) is 24.2 Å². The van der Waals surface area contributed by atoms with Gasteiger partial charge in [0.2, 0.25) is 0 Å². The average Bonchev–Trinajstić information content (AvgIpc) is 3.33. The first-order chi connectivity index (χ1) is 13.6. The summed E-state index contributed by atoms with van der Waals surface area (Å²) in [6.07, 6.45) is 2.46. The maximum Gasteiger partial charge on any atom is 0.198 e. The van der Waals surface area contributed by atoms with Gasteiger partial charge in [0.15, 0.2) is 11.0 Å². The van der Waals surface area contributed by atoms with Gasteiger partial charge in [-0.3, -0.25) is 4.57 Å². The van der Waals surface area contributed by atoms with Crippen LogP contribution in [0.15, 0.2) is 63.3 Å². The van der Waals surface area contributed by atoms with Gasteiger partial charge in [-0.1, -0.05) is 6.92 Å². The molecule has 1 aromatic carbocycles. The topological polar surface area (TPSA) is 69.6 Å². The highest BCUT2D eigenvalue weighted by molar-refractivity contribution is 7.99. The normalized spacial score (nSPS) is 11.1. The van der Waals surface area contributed by atoms with Crippen molar-refractivity contribution in [1.29, 1.82) is 0 Å². The van der Waals surface area contributed by atoms with E-state index < -0.39 is 0 Å². The van der Waals surface area contributed by atoms with Gasteiger partial charge in [-0.25, -0.2) is 14.4 Å². The van der Waals surface area contributed by atoms with Crippen molar-refractivity contribution < 1.29 is 8.81 Å². The lowest BCUT2D eigenvalue weighted by Crippen LogP contribution is -2.04. The Morgan fingerprint density at radius 1 is 1.11 bits per heavy atom. The minimum Gasteiger partial charge on any atom is -0.467 e. The van der Waals surface area contributed by atoms with Gasteiger partial charge in [0, 0.05) is 11.3 Å².